The fraction of sp³-hybridized carbons (Fsp3) is 0.294. The third-order valence-corrected chi connectivity index (χ3v) is 3.89. The van der Waals surface area contributed by atoms with E-state index in [0.717, 1.165) is 16.3 Å². The van der Waals surface area contributed by atoms with Gasteiger partial charge in [-0.2, -0.15) is 0 Å². The first-order chi connectivity index (χ1) is 11.2. The quantitative estimate of drug-likeness (QED) is 0.727. The lowest BCUT2D eigenvalue weighted by molar-refractivity contribution is -0.142. The molecule has 0 aliphatic rings. The van der Waals surface area contributed by atoms with Crippen LogP contribution in [0.15, 0.2) is 23.6 Å². The summed E-state index contributed by atoms with van der Waals surface area (Å²) in [5.41, 5.74) is 1.70. The Morgan fingerprint density at radius 1 is 1.22 bits per heavy atom. The minimum Gasteiger partial charge on any atom is -0.493 e. The van der Waals surface area contributed by atoms with Crippen molar-refractivity contribution in [2.24, 2.45) is 0 Å². The van der Waals surface area contributed by atoms with Crippen LogP contribution in [0.2, 0.25) is 0 Å². The Balaban J connectivity index is 2.06. The van der Waals surface area contributed by atoms with Crippen molar-refractivity contribution >= 4 is 29.5 Å². The summed E-state index contributed by atoms with van der Waals surface area (Å²) in [5, 5.41) is 2.70. The van der Waals surface area contributed by atoms with Crippen molar-refractivity contribution < 1.29 is 19.0 Å². The van der Waals surface area contributed by atoms with Crippen LogP contribution >= 0.6 is 11.3 Å². The number of hydrogen-bond donors (Lipinski definition) is 0. The molecule has 6 heteroatoms. The van der Waals surface area contributed by atoms with Gasteiger partial charge >= 0.3 is 5.97 Å². The van der Waals surface area contributed by atoms with Crippen LogP contribution in [-0.2, 0) is 16.0 Å². The number of nitrogens with zero attached hydrogens (tertiary/aromatic N) is 1. The lowest BCUT2D eigenvalue weighted by Gasteiger charge is -2.07. The van der Waals surface area contributed by atoms with E-state index in [9.17, 15) is 4.79 Å². The Bertz CT molecular complexity index is 694. The molecule has 5 nitrogen and oxygen atoms in total. The molecular formula is C17H19NO4S. The first kappa shape index (κ1) is 17.0. The van der Waals surface area contributed by atoms with Crippen LogP contribution in [0, 0.1) is 0 Å². The highest BCUT2D eigenvalue weighted by atomic mass is 32.1. The number of methoxy groups -OCH3 is 2. The summed E-state index contributed by atoms with van der Waals surface area (Å²) >= 11 is 1.48. The molecule has 0 N–H and O–H groups in total. The van der Waals surface area contributed by atoms with Gasteiger partial charge in [-0.05, 0) is 30.7 Å². The number of hydrogen-bond acceptors (Lipinski definition) is 6. The molecule has 1 aromatic heterocycles. The highest BCUT2D eigenvalue weighted by Gasteiger charge is 2.07. The number of carbonyl (C=O) groups excluding carboxylic acids is 1. The number of thiazole rings is 1. The largest absolute Gasteiger partial charge is 0.493 e. The average molecular weight is 333 g/mol. The Hall–Kier alpha value is -2.34. The summed E-state index contributed by atoms with van der Waals surface area (Å²) in [6.45, 7) is 2.17. The van der Waals surface area contributed by atoms with Crippen molar-refractivity contribution in [1.82, 2.24) is 4.98 Å². The zero-order chi connectivity index (χ0) is 16.7. The van der Waals surface area contributed by atoms with E-state index in [1.807, 2.05) is 35.7 Å². The molecule has 0 aliphatic carbocycles. The number of ether oxygens (including phenoxy) is 3. The van der Waals surface area contributed by atoms with Crippen LogP contribution in [0.3, 0.4) is 0 Å². The first-order valence-corrected chi connectivity index (χ1v) is 8.04. The summed E-state index contributed by atoms with van der Waals surface area (Å²) in [6, 6.07) is 5.68. The fourth-order valence-corrected chi connectivity index (χ4v) is 2.67. The molecule has 0 atom stereocenters. The monoisotopic (exact) mass is 333 g/mol. The predicted octanol–water partition coefficient (Wildman–Crippen LogP) is 3.44. The first-order valence-electron chi connectivity index (χ1n) is 7.16. The van der Waals surface area contributed by atoms with Gasteiger partial charge in [0.15, 0.2) is 11.5 Å². The minimum absolute atomic E-state index is 0.203. The van der Waals surface area contributed by atoms with Gasteiger partial charge < -0.3 is 14.2 Å². The normalized spacial score (nSPS) is 10.7. The predicted molar refractivity (Wildman–Crippen MR) is 90.9 cm³/mol. The van der Waals surface area contributed by atoms with E-state index in [2.05, 4.69) is 4.98 Å². The van der Waals surface area contributed by atoms with Crippen molar-refractivity contribution in [3.8, 4) is 11.5 Å². The van der Waals surface area contributed by atoms with Gasteiger partial charge in [-0.1, -0.05) is 12.1 Å². The number of carbonyl (C=O) groups is 1. The van der Waals surface area contributed by atoms with Crippen LogP contribution in [-0.4, -0.2) is 31.8 Å². The van der Waals surface area contributed by atoms with E-state index >= 15 is 0 Å². The molecule has 0 saturated heterocycles. The van der Waals surface area contributed by atoms with Gasteiger partial charge in [0.1, 0.15) is 5.01 Å². The summed E-state index contributed by atoms with van der Waals surface area (Å²) < 4.78 is 15.4. The third-order valence-electron chi connectivity index (χ3n) is 3.03. The van der Waals surface area contributed by atoms with Crippen molar-refractivity contribution in [2.45, 2.75) is 13.3 Å². The SMILES string of the molecule is CCOC(=O)Cc1csc(/C=C\c2ccc(OC)c(OC)c2)n1. The van der Waals surface area contributed by atoms with Gasteiger partial charge in [0.05, 0.1) is 32.9 Å². The topological polar surface area (TPSA) is 57.7 Å². The molecule has 1 aromatic carbocycles. The highest BCUT2D eigenvalue weighted by molar-refractivity contribution is 7.10. The van der Waals surface area contributed by atoms with E-state index in [1.165, 1.54) is 11.3 Å². The minimum atomic E-state index is -0.256. The van der Waals surface area contributed by atoms with Gasteiger partial charge in [0.25, 0.3) is 0 Å². The van der Waals surface area contributed by atoms with Crippen molar-refractivity contribution in [3.63, 3.8) is 0 Å². The summed E-state index contributed by atoms with van der Waals surface area (Å²) in [6.07, 6.45) is 4.05. The Kier molecular flexibility index (Phi) is 6.17. The molecule has 0 bridgehead atoms. The lowest BCUT2D eigenvalue weighted by Crippen LogP contribution is -2.07. The molecular weight excluding hydrogens is 314 g/mol. The second-order valence-corrected chi connectivity index (χ2v) is 5.50. The number of esters is 1. The maximum Gasteiger partial charge on any atom is 0.311 e. The van der Waals surface area contributed by atoms with Crippen LogP contribution in [0.4, 0.5) is 0 Å². The highest BCUT2D eigenvalue weighted by Crippen LogP contribution is 2.28. The van der Waals surface area contributed by atoms with Crippen LogP contribution in [0.1, 0.15) is 23.2 Å². The van der Waals surface area contributed by atoms with Gasteiger partial charge in [-0.15, -0.1) is 11.3 Å². The molecule has 122 valence electrons. The smallest absolute Gasteiger partial charge is 0.311 e. The van der Waals surface area contributed by atoms with E-state index < -0.39 is 0 Å². The molecule has 0 saturated carbocycles. The molecule has 0 radical (unpaired) electrons. The zero-order valence-electron chi connectivity index (χ0n) is 13.4. The second kappa shape index (κ2) is 8.33. The van der Waals surface area contributed by atoms with Gasteiger partial charge in [0.2, 0.25) is 0 Å². The summed E-state index contributed by atoms with van der Waals surface area (Å²) in [4.78, 5) is 15.8. The van der Waals surface area contributed by atoms with E-state index in [-0.39, 0.29) is 12.4 Å². The third kappa shape index (κ3) is 4.82. The number of aromatic nitrogens is 1. The molecule has 0 unspecified atom stereocenters. The second-order valence-electron chi connectivity index (χ2n) is 4.61. The zero-order valence-corrected chi connectivity index (χ0v) is 14.2. The molecule has 23 heavy (non-hydrogen) atoms. The molecule has 2 rings (SSSR count). The Labute approximate surface area is 139 Å². The Morgan fingerprint density at radius 3 is 2.70 bits per heavy atom. The Morgan fingerprint density at radius 2 is 2.00 bits per heavy atom. The molecule has 0 fully saturated rings. The molecule has 1 heterocycles. The van der Waals surface area contributed by atoms with E-state index in [0.29, 0.717) is 18.1 Å². The van der Waals surface area contributed by atoms with Gasteiger partial charge in [-0.25, -0.2) is 4.98 Å². The number of rotatable bonds is 7. The van der Waals surface area contributed by atoms with E-state index in [4.69, 9.17) is 14.2 Å². The standard InChI is InChI=1S/C17H19NO4S/c1-4-22-17(19)10-13-11-23-16(18-13)8-6-12-5-7-14(20-2)15(9-12)21-3/h5-9,11H,4,10H2,1-3H3/b8-6-. The maximum atomic E-state index is 11.4. The molecule has 2 aromatic rings. The van der Waals surface area contributed by atoms with Crippen LogP contribution in [0.5, 0.6) is 11.5 Å². The maximum absolute atomic E-state index is 11.4. The average Bonchev–Trinajstić information content (AvgIpc) is 3.00. The van der Waals surface area contributed by atoms with Gasteiger partial charge in [-0.3, -0.25) is 4.79 Å². The van der Waals surface area contributed by atoms with Crippen molar-refractivity contribution in [1.29, 1.82) is 0 Å². The lowest BCUT2D eigenvalue weighted by atomic mass is 10.2. The molecule has 0 amide bonds. The van der Waals surface area contributed by atoms with Crippen molar-refractivity contribution in [3.05, 3.63) is 39.8 Å². The van der Waals surface area contributed by atoms with E-state index in [1.54, 1.807) is 21.1 Å². The van der Waals surface area contributed by atoms with Gasteiger partial charge in [0, 0.05) is 5.38 Å². The number of benzene rings is 1. The molecule has 0 spiro atoms. The summed E-state index contributed by atoms with van der Waals surface area (Å²) in [5.74, 6) is 1.11. The fourth-order valence-electron chi connectivity index (χ4n) is 1.96. The van der Waals surface area contributed by atoms with Crippen LogP contribution < -0.4 is 9.47 Å². The molecule has 0 aliphatic heterocycles. The van der Waals surface area contributed by atoms with Crippen LogP contribution in [0.25, 0.3) is 12.2 Å². The van der Waals surface area contributed by atoms with Crippen molar-refractivity contribution in [2.75, 3.05) is 20.8 Å². The summed E-state index contributed by atoms with van der Waals surface area (Å²) in [7, 11) is 3.21.